The molecule has 0 aliphatic heterocycles. The van der Waals surface area contributed by atoms with E-state index >= 15 is 0 Å². The first-order chi connectivity index (χ1) is 8.99. The van der Waals surface area contributed by atoms with Crippen molar-refractivity contribution in [3.05, 3.63) is 0 Å². The van der Waals surface area contributed by atoms with Gasteiger partial charge in [-0.3, -0.25) is 4.79 Å². The molecule has 2 aliphatic carbocycles. The highest BCUT2D eigenvalue weighted by atomic mass is 16.3. The molecule has 4 heteroatoms. The molecular weight excluding hydrogens is 256 g/mol. The smallest absolute Gasteiger partial charge is 0.139 e. The van der Waals surface area contributed by atoms with Gasteiger partial charge in [-0.2, -0.15) is 0 Å². The molecular formula is C16H30O4. The molecule has 3 atom stereocenters. The molecule has 0 saturated heterocycles. The average Bonchev–Trinajstić information content (AvgIpc) is 2.62. The van der Waals surface area contributed by atoms with Crippen LogP contribution in [0.3, 0.4) is 0 Å². The second kappa shape index (κ2) is 7.32. The van der Waals surface area contributed by atoms with Crippen LogP contribution in [0, 0.1) is 16.7 Å². The lowest BCUT2D eigenvalue weighted by molar-refractivity contribution is -0.128. The number of rotatable bonds is 1. The summed E-state index contributed by atoms with van der Waals surface area (Å²) < 4.78 is 0. The fraction of sp³-hybridized carbons (Fsp3) is 0.875. The van der Waals surface area contributed by atoms with Crippen molar-refractivity contribution in [1.29, 1.82) is 0 Å². The van der Waals surface area contributed by atoms with Gasteiger partial charge in [0.1, 0.15) is 11.6 Å². The van der Waals surface area contributed by atoms with Crippen LogP contribution >= 0.6 is 0 Å². The van der Waals surface area contributed by atoms with Gasteiger partial charge in [0.05, 0.1) is 12.7 Å². The summed E-state index contributed by atoms with van der Waals surface area (Å²) in [5.74, 6) is 1.36. The summed E-state index contributed by atoms with van der Waals surface area (Å²) in [5.41, 5.74) is 0.307. The van der Waals surface area contributed by atoms with E-state index in [4.69, 9.17) is 10.2 Å². The Labute approximate surface area is 122 Å². The van der Waals surface area contributed by atoms with Crippen molar-refractivity contribution in [3.63, 3.8) is 0 Å². The number of fused-ring (bicyclic) bond motifs is 2. The van der Waals surface area contributed by atoms with Gasteiger partial charge in [0, 0.05) is 11.8 Å². The van der Waals surface area contributed by atoms with Crippen molar-refractivity contribution < 1.29 is 19.8 Å². The SMILES string of the molecule is CC(C)=O.CC(O)CO.CC12CCC(CC1=O)C2(C)C. The second-order valence-electron chi connectivity index (χ2n) is 6.86. The quantitative estimate of drug-likeness (QED) is 0.776. The Bertz CT molecular complexity index is 342. The van der Waals surface area contributed by atoms with Crippen LogP contribution in [0.25, 0.3) is 0 Å². The molecule has 0 spiro atoms. The average molecular weight is 286 g/mol. The zero-order chi connectivity index (χ0) is 16.1. The first-order valence-electron chi connectivity index (χ1n) is 7.28. The summed E-state index contributed by atoms with van der Waals surface area (Å²) >= 11 is 0. The molecule has 118 valence electrons. The molecule has 2 bridgehead atoms. The molecule has 2 aliphatic rings. The van der Waals surface area contributed by atoms with Crippen LogP contribution < -0.4 is 0 Å². The number of carbonyl (C=O) groups excluding carboxylic acids is 2. The molecule has 20 heavy (non-hydrogen) atoms. The van der Waals surface area contributed by atoms with E-state index in [1.807, 2.05) is 0 Å². The number of hydrogen-bond acceptors (Lipinski definition) is 4. The van der Waals surface area contributed by atoms with Gasteiger partial charge >= 0.3 is 0 Å². The summed E-state index contributed by atoms with van der Waals surface area (Å²) in [6, 6.07) is 0. The van der Waals surface area contributed by atoms with Gasteiger partial charge in [-0.1, -0.05) is 20.8 Å². The van der Waals surface area contributed by atoms with Gasteiger partial charge in [0.25, 0.3) is 0 Å². The third-order valence-corrected chi connectivity index (χ3v) is 4.75. The summed E-state index contributed by atoms with van der Waals surface area (Å²) in [6.07, 6.45) is 2.69. The van der Waals surface area contributed by atoms with Crippen LogP contribution in [0.15, 0.2) is 0 Å². The Morgan fingerprint density at radius 3 is 1.85 bits per heavy atom. The van der Waals surface area contributed by atoms with Crippen molar-refractivity contribution in [2.24, 2.45) is 16.7 Å². The van der Waals surface area contributed by atoms with Gasteiger partial charge in [0.15, 0.2) is 0 Å². The molecule has 2 N–H and O–H groups in total. The minimum absolute atomic E-state index is 0.0255. The largest absolute Gasteiger partial charge is 0.394 e. The maximum Gasteiger partial charge on any atom is 0.139 e. The van der Waals surface area contributed by atoms with E-state index in [9.17, 15) is 9.59 Å². The topological polar surface area (TPSA) is 74.6 Å². The predicted octanol–water partition coefficient (Wildman–Crippen LogP) is 2.36. The van der Waals surface area contributed by atoms with Crippen molar-refractivity contribution >= 4 is 11.6 Å². The number of hydrogen-bond donors (Lipinski definition) is 2. The molecule has 2 rings (SSSR count). The van der Waals surface area contributed by atoms with Gasteiger partial charge in [-0.15, -0.1) is 0 Å². The summed E-state index contributed by atoms with van der Waals surface area (Å²) in [5, 5.41) is 16.0. The molecule has 0 aromatic rings. The Morgan fingerprint density at radius 1 is 1.35 bits per heavy atom. The molecule has 4 nitrogen and oxygen atoms in total. The zero-order valence-electron chi connectivity index (χ0n) is 13.7. The third kappa shape index (κ3) is 4.38. The number of aliphatic hydroxyl groups excluding tert-OH is 2. The third-order valence-electron chi connectivity index (χ3n) is 4.75. The minimum Gasteiger partial charge on any atom is -0.394 e. The van der Waals surface area contributed by atoms with Gasteiger partial charge in [-0.05, 0) is 44.9 Å². The summed E-state index contributed by atoms with van der Waals surface area (Å²) in [7, 11) is 0. The van der Waals surface area contributed by atoms with Crippen molar-refractivity contribution in [1.82, 2.24) is 0 Å². The van der Waals surface area contributed by atoms with Crippen molar-refractivity contribution in [3.8, 4) is 0 Å². The van der Waals surface area contributed by atoms with Crippen molar-refractivity contribution in [2.45, 2.75) is 66.9 Å². The lowest BCUT2D eigenvalue weighted by Gasteiger charge is -2.32. The van der Waals surface area contributed by atoms with Crippen molar-refractivity contribution in [2.75, 3.05) is 6.61 Å². The second-order valence-corrected chi connectivity index (χ2v) is 6.86. The van der Waals surface area contributed by atoms with Gasteiger partial charge in [0.2, 0.25) is 0 Å². The monoisotopic (exact) mass is 286 g/mol. The molecule has 2 fully saturated rings. The highest BCUT2D eigenvalue weighted by Crippen LogP contribution is 2.63. The molecule has 0 aromatic carbocycles. The van der Waals surface area contributed by atoms with Crippen LogP contribution in [0.2, 0.25) is 0 Å². The number of Topliss-reactive ketones (excluding diaryl/α,β-unsaturated/α-hetero) is 2. The van der Waals surface area contributed by atoms with Crippen LogP contribution in [-0.4, -0.2) is 34.5 Å². The fourth-order valence-corrected chi connectivity index (χ4v) is 2.90. The van der Waals surface area contributed by atoms with Gasteiger partial charge in [-0.25, -0.2) is 0 Å². The Balaban J connectivity index is 0.000000340. The summed E-state index contributed by atoms with van der Waals surface area (Å²) in [6.45, 7) is 11.1. The Morgan fingerprint density at radius 2 is 1.75 bits per heavy atom. The summed E-state index contributed by atoms with van der Waals surface area (Å²) in [4.78, 5) is 21.0. The van der Waals surface area contributed by atoms with E-state index in [-0.39, 0.29) is 23.2 Å². The van der Waals surface area contributed by atoms with Crippen LogP contribution in [-0.2, 0) is 9.59 Å². The standard InChI is InChI=1S/C10H16O.C3H8O2.C3H6O/c1-9(2)7-4-5-10(9,3)8(11)6-7;1-3(5)2-4;1-3(2)4/h7H,4-6H2,1-3H3;3-5H,2H2,1H3;1-2H3. The normalized spacial score (nSPS) is 30.8. The zero-order valence-corrected chi connectivity index (χ0v) is 13.7. The fourth-order valence-electron chi connectivity index (χ4n) is 2.90. The maximum absolute atomic E-state index is 11.6. The lowest BCUT2D eigenvalue weighted by atomic mass is 9.70. The van der Waals surface area contributed by atoms with E-state index in [1.54, 1.807) is 0 Å². The first-order valence-corrected chi connectivity index (χ1v) is 7.28. The highest BCUT2D eigenvalue weighted by molar-refractivity contribution is 5.89. The Hall–Kier alpha value is -0.740. The predicted molar refractivity (Wildman–Crippen MR) is 79.4 cm³/mol. The maximum atomic E-state index is 11.6. The van der Waals surface area contributed by atoms with E-state index in [0.29, 0.717) is 11.7 Å². The number of carbonyl (C=O) groups is 2. The van der Waals surface area contributed by atoms with E-state index in [0.717, 1.165) is 12.8 Å². The Kier molecular flexibility index (Phi) is 7.05. The molecule has 3 unspecified atom stereocenters. The molecule has 0 radical (unpaired) electrons. The van der Waals surface area contributed by atoms with E-state index in [2.05, 4.69) is 20.8 Å². The molecule has 0 heterocycles. The molecule has 2 saturated carbocycles. The minimum atomic E-state index is -0.560. The lowest BCUT2D eigenvalue weighted by Crippen LogP contribution is -2.32. The highest BCUT2D eigenvalue weighted by Gasteiger charge is 2.61. The molecule has 0 aromatic heterocycles. The van der Waals surface area contributed by atoms with Crippen LogP contribution in [0.1, 0.15) is 60.8 Å². The van der Waals surface area contributed by atoms with Crippen LogP contribution in [0.4, 0.5) is 0 Å². The number of aliphatic hydroxyl groups is 2. The van der Waals surface area contributed by atoms with Gasteiger partial charge < -0.3 is 15.0 Å². The first kappa shape index (κ1) is 19.3. The van der Waals surface area contributed by atoms with Crippen LogP contribution in [0.5, 0.6) is 0 Å². The molecule has 0 amide bonds. The van der Waals surface area contributed by atoms with E-state index in [1.165, 1.54) is 27.2 Å². The van der Waals surface area contributed by atoms with E-state index < -0.39 is 6.10 Å². The number of ketones is 2.